The Balaban J connectivity index is 1.63. The number of aromatic amines is 1. The molecule has 5 nitrogen and oxygen atoms in total. The van der Waals surface area contributed by atoms with Crippen molar-refractivity contribution in [1.82, 2.24) is 20.2 Å². The number of nitrogens with zero attached hydrogens (tertiary/aromatic N) is 3. The van der Waals surface area contributed by atoms with E-state index in [1.165, 1.54) is 0 Å². The smallest absolute Gasteiger partial charge is 0.186 e. The maximum Gasteiger partial charge on any atom is 0.186 e. The number of benzene rings is 1. The van der Waals surface area contributed by atoms with Crippen LogP contribution in [0.25, 0.3) is 11.0 Å². The standard InChI is InChI=1S/C15H15ClN4O/c1-10-17-14(16)13-12(19-20-15(13)18-10)7-8-21-9-11-5-3-2-4-6-11/h2-6H,7-9H2,1H3,(H,17,18,19,20). The zero-order valence-corrected chi connectivity index (χ0v) is 12.4. The summed E-state index contributed by atoms with van der Waals surface area (Å²) in [6, 6.07) is 10.1. The van der Waals surface area contributed by atoms with Crippen LogP contribution in [0.15, 0.2) is 30.3 Å². The molecule has 0 bridgehead atoms. The minimum absolute atomic E-state index is 0.435. The molecule has 0 aliphatic rings. The summed E-state index contributed by atoms with van der Waals surface area (Å²) in [4.78, 5) is 8.42. The molecule has 1 N–H and O–H groups in total. The molecule has 0 aliphatic carbocycles. The van der Waals surface area contributed by atoms with Crippen LogP contribution in [0.1, 0.15) is 17.1 Å². The van der Waals surface area contributed by atoms with Crippen molar-refractivity contribution in [3.05, 3.63) is 52.6 Å². The van der Waals surface area contributed by atoms with Gasteiger partial charge in [-0.1, -0.05) is 41.9 Å². The van der Waals surface area contributed by atoms with E-state index in [9.17, 15) is 0 Å². The van der Waals surface area contributed by atoms with Gasteiger partial charge in [0.2, 0.25) is 0 Å². The lowest BCUT2D eigenvalue weighted by Gasteiger charge is -2.04. The second-order valence-electron chi connectivity index (χ2n) is 4.75. The number of aromatic nitrogens is 4. The molecule has 6 heteroatoms. The number of hydrogen-bond donors (Lipinski definition) is 1. The lowest BCUT2D eigenvalue weighted by Crippen LogP contribution is -2.00. The van der Waals surface area contributed by atoms with Crippen molar-refractivity contribution >= 4 is 22.6 Å². The normalized spacial score (nSPS) is 11.1. The van der Waals surface area contributed by atoms with E-state index < -0.39 is 0 Å². The van der Waals surface area contributed by atoms with Crippen LogP contribution in [-0.2, 0) is 17.8 Å². The Kier molecular flexibility index (Phi) is 4.13. The van der Waals surface area contributed by atoms with Crippen LogP contribution in [0.2, 0.25) is 5.15 Å². The van der Waals surface area contributed by atoms with Gasteiger partial charge in [-0.3, -0.25) is 5.10 Å². The summed E-state index contributed by atoms with van der Waals surface area (Å²) in [5, 5.41) is 8.34. The van der Waals surface area contributed by atoms with E-state index >= 15 is 0 Å². The second-order valence-corrected chi connectivity index (χ2v) is 5.11. The second kappa shape index (κ2) is 6.20. The van der Waals surface area contributed by atoms with E-state index in [2.05, 4.69) is 20.2 Å². The van der Waals surface area contributed by atoms with E-state index in [1.807, 2.05) is 30.3 Å². The molecular weight excluding hydrogens is 288 g/mol. The number of H-pyrrole nitrogens is 1. The molecule has 0 atom stereocenters. The minimum Gasteiger partial charge on any atom is -0.376 e. The largest absolute Gasteiger partial charge is 0.376 e. The number of nitrogens with one attached hydrogen (secondary N) is 1. The molecular formula is C15H15ClN4O. The molecule has 0 fully saturated rings. The highest BCUT2D eigenvalue weighted by atomic mass is 35.5. The molecule has 3 aromatic rings. The summed E-state index contributed by atoms with van der Waals surface area (Å²) >= 11 is 6.17. The Bertz CT molecular complexity index is 742. The predicted molar refractivity (Wildman–Crippen MR) is 81.2 cm³/mol. The Labute approximate surface area is 127 Å². The van der Waals surface area contributed by atoms with Crippen molar-refractivity contribution in [1.29, 1.82) is 0 Å². The molecule has 0 unspecified atom stereocenters. The molecule has 108 valence electrons. The maximum atomic E-state index is 6.17. The first-order chi connectivity index (χ1) is 10.2. The third-order valence-corrected chi connectivity index (χ3v) is 3.44. The van der Waals surface area contributed by atoms with Crippen LogP contribution < -0.4 is 0 Å². The number of halogens is 1. The topological polar surface area (TPSA) is 63.7 Å². The summed E-state index contributed by atoms with van der Waals surface area (Å²) in [6.45, 7) is 2.97. The average Bonchev–Trinajstić information content (AvgIpc) is 2.88. The van der Waals surface area contributed by atoms with Crippen LogP contribution in [0.4, 0.5) is 0 Å². The van der Waals surface area contributed by atoms with Crippen molar-refractivity contribution < 1.29 is 4.74 Å². The monoisotopic (exact) mass is 302 g/mol. The summed E-state index contributed by atoms with van der Waals surface area (Å²) in [5.41, 5.74) is 2.66. The van der Waals surface area contributed by atoms with Crippen molar-refractivity contribution in [2.45, 2.75) is 20.0 Å². The highest BCUT2D eigenvalue weighted by molar-refractivity contribution is 6.34. The minimum atomic E-state index is 0.435. The van der Waals surface area contributed by atoms with Crippen LogP contribution in [0, 0.1) is 6.92 Å². The van der Waals surface area contributed by atoms with Gasteiger partial charge in [0, 0.05) is 6.42 Å². The summed E-state index contributed by atoms with van der Waals surface area (Å²) < 4.78 is 5.67. The van der Waals surface area contributed by atoms with Crippen LogP contribution in [0.5, 0.6) is 0 Å². The van der Waals surface area contributed by atoms with Gasteiger partial charge in [0.15, 0.2) is 5.65 Å². The quantitative estimate of drug-likeness (QED) is 0.581. The number of fused-ring (bicyclic) bond motifs is 1. The molecule has 1 aromatic carbocycles. The third kappa shape index (κ3) is 3.20. The van der Waals surface area contributed by atoms with Crippen LogP contribution in [-0.4, -0.2) is 26.8 Å². The fourth-order valence-electron chi connectivity index (χ4n) is 2.16. The fourth-order valence-corrected chi connectivity index (χ4v) is 2.48. The van der Waals surface area contributed by atoms with Crippen molar-refractivity contribution in [3.63, 3.8) is 0 Å². The van der Waals surface area contributed by atoms with Gasteiger partial charge >= 0.3 is 0 Å². The first-order valence-electron chi connectivity index (χ1n) is 6.73. The number of rotatable bonds is 5. The van der Waals surface area contributed by atoms with Gasteiger partial charge in [-0.05, 0) is 12.5 Å². The highest BCUT2D eigenvalue weighted by Crippen LogP contribution is 2.22. The number of aryl methyl sites for hydroxylation is 1. The molecule has 0 saturated carbocycles. The number of hydrogen-bond acceptors (Lipinski definition) is 4. The molecule has 0 spiro atoms. The highest BCUT2D eigenvalue weighted by Gasteiger charge is 2.12. The Morgan fingerprint density at radius 1 is 1.19 bits per heavy atom. The lowest BCUT2D eigenvalue weighted by atomic mass is 10.2. The van der Waals surface area contributed by atoms with E-state index in [-0.39, 0.29) is 0 Å². The Morgan fingerprint density at radius 3 is 2.81 bits per heavy atom. The van der Waals surface area contributed by atoms with Gasteiger partial charge in [0.1, 0.15) is 11.0 Å². The van der Waals surface area contributed by atoms with Gasteiger partial charge in [-0.15, -0.1) is 0 Å². The van der Waals surface area contributed by atoms with Crippen LogP contribution in [0.3, 0.4) is 0 Å². The van der Waals surface area contributed by atoms with E-state index in [4.69, 9.17) is 16.3 Å². The summed E-state index contributed by atoms with van der Waals surface area (Å²) in [5.74, 6) is 0.617. The van der Waals surface area contributed by atoms with Gasteiger partial charge in [0.25, 0.3) is 0 Å². The maximum absolute atomic E-state index is 6.17. The van der Waals surface area contributed by atoms with Crippen molar-refractivity contribution in [2.24, 2.45) is 0 Å². The van der Waals surface area contributed by atoms with E-state index in [1.54, 1.807) is 6.92 Å². The first-order valence-corrected chi connectivity index (χ1v) is 7.10. The molecule has 2 aromatic heterocycles. The van der Waals surface area contributed by atoms with Gasteiger partial charge in [0.05, 0.1) is 24.3 Å². The van der Waals surface area contributed by atoms with Gasteiger partial charge in [-0.2, -0.15) is 5.10 Å². The Morgan fingerprint density at radius 2 is 2.00 bits per heavy atom. The zero-order chi connectivity index (χ0) is 14.7. The SMILES string of the molecule is Cc1nc(Cl)c2c(CCOCc3ccccc3)[nH]nc2n1. The Hall–Kier alpha value is -1.98. The first kappa shape index (κ1) is 14.0. The number of ether oxygens (including phenoxy) is 1. The molecule has 2 heterocycles. The third-order valence-electron chi connectivity index (χ3n) is 3.16. The van der Waals surface area contributed by atoms with Crippen molar-refractivity contribution in [3.8, 4) is 0 Å². The molecule has 0 aliphatic heterocycles. The van der Waals surface area contributed by atoms with E-state index in [0.29, 0.717) is 36.3 Å². The van der Waals surface area contributed by atoms with Gasteiger partial charge < -0.3 is 4.74 Å². The zero-order valence-electron chi connectivity index (χ0n) is 11.6. The lowest BCUT2D eigenvalue weighted by molar-refractivity contribution is 0.123. The molecule has 0 saturated heterocycles. The molecule has 0 amide bonds. The van der Waals surface area contributed by atoms with Crippen molar-refractivity contribution in [2.75, 3.05) is 6.61 Å². The van der Waals surface area contributed by atoms with Crippen LogP contribution >= 0.6 is 11.6 Å². The molecule has 3 rings (SSSR count). The average molecular weight is 303 g/mol. The fraction of sp³-hybridized carbons (Fsp3) is 0.267. The van der Waals surface area contributed by atoms with Gasteiger partial charge in [-0.25, -0.2) is 9.97 Å². The predicted octanol–water partition coefficient (Wildman–Crippen LogP) is 3.07. The van der Waals surface area contributed by atoms with E-state index in [0.717, 1.165) is 16.6 Å². The summed E-state index contributed by atoms with van der Waals surface area (Å²) in [7, 11) is 0. The summed E-state index contributed by atoms with van der Waals surface area (Å²) in [6.07, 6.45) is 0.690. The molecule has 21 heavy (non-hydrogen) atoms. The molecule has 0 radical (unpaired) electrons.